The first-order chi connectivity index (χ1) is 39.4. The van der Waals surface area contributed by atoms with E-state index in [1.807, 2.05) is 33.3 Å². The maximum absolute atomic E-state index is 13.6. The molecule has 1 N–H and O–H groups in total. The lowest BCUT2D eigenvalue weighted by Crippen LogP contribution is -2.47. The Morgan fingerprint density at radius 3 is 1.15 bits per heavy atom. The number of quaternary nitrogens is 1. The number of phosphoric acid groups is 1. The highest BCUT2D eigenvalue weighted by atomic mass is 31.2. The summed E-state index contributed by atoms with van der Waals surface area (Å²) in [5.41, 5.74) is 0. The molecule has 0 saturated carbocycles. The van der Waals surface area contributed by atoms with E-state index in [-0.39, 0.29) is 24.9 Å². The standard InChI is InChI=1S/C71H129N2O7P/c1-7-10-13-16-19-22-25-27-29-31-33-34-35-36-37-38-40-42-44-46-49-52-55-58-61-64-71(75)80-69(62-59-56-53-50-47-24-21-18-15-12-9-3)68(67-79-81(76,77)78-66-65-73(4,5)6)72-70(74)63-60-57-54-51-48-45-43-41-39-32-30-28-26-23-20-17-14-11-8-2/h19-20,22-23,27-30,33-34,39,41,59,62,68-69H,7-18,21,24-26,31-32,35-38,40,42-58,60-61,63-67H2,1-6H3,(H-,72,74,76,77)/b22-19-,23-20-,29-27-,30-28-,34-33-,41-39-,62-59-. The molecular weight excluding hydrogens is 1020 g/mol. The van der Waals surface area contributed by atoms with Crippen molar-refractivity contribution < 1.29 is 37.3 Å². The minimum atomic E-state index is -4.71. The van der Waals surface area contributed by atoms with Gasteiger partial charge >= 0.3 is 5.97 Å². The average Bonchev–Trinajstić information content (AvgIpc) is 3.43. The third kappa shape index (κ3) is 61.6. The van der Waals surface area contributed by atoms with Crippen molar-refractivity contribution in [2.75, 3.05) is 40.9 Å². The Balaban J connectivity index is 5.10. The first-order valence-corrected chi connectivity index (χ1v) is 35.4. The third-order valence-electron chi connectivity index (χ3n) is 14.8. The van der Waals surface area contributed by atoms with Crippen LogP contribution in [0.1, 0.15) is 303 Å². The van der Waals surface area contributed by atoms with Crippen LogP contribution in [-0.4, -0.2) is 69.4 Å². The van der Waals surface area contributed by atoms with E-state index in [0.717, 1.165) is 109 Å². The van der Waals surface area contributed by atoms with Crippen LogP contribution >= 0.6 is 7.82 Å². The Bertz CT molecular complexity index is 1660. The number of hydrogen-bond donors (Lipinski definition) is 1. The van der Waals surface area contributed by atoms with Gasteiger partial charge < -0.3 is 28.5 Å². The maximum Gasteiger partial charge on any atom is 0.306 e. The number of hydrogen-bond acceptors (Lipinski definition) is 7. The van der Waals surface area contributed by atoms with Crippen LogP contribution in [0.15, 0.2) is 85.1 Å². The number of amides is 1. The van der Waals surface area contributed by atoms with Crippen LogP contribution in [0.4, 0.5) is 0 Å². The lowest BCUT2D eigenvalue weighted by atomic mass is 10.0. The number of unbranched alkanes of at least 4 members (excludes halogenated alkanes) is 33. The van der Waals surface area contributed by atoms with Gasteiger partial charge in [-0.25, -0.2) is 0 Å². The SMILES string of the molecule is CCCCC/C=C\C/C=C\C/C=C\CCCCCCCCCCCCCCC(=O)OC(/C=C\CCCCCCCCCCC)C(COP(=O)([O-])OCC[N+](C)(C)C)NC(=O)CCCCCCCC/C=C\C/C=C\C/C=C\CCCCC. The van der Waals surface area contributed by atoms with Gasteiger partial charge in [-0.1, -0.05) is 267 Å². The van der Waals surface area contributed by atoms with E-state index < -0.39 is 26.6 Å². The smallest absolute Gasteiger partial charge is 0.306 e. The molecule has 3 unspecified atom stereocenters. The van der Waals surface area contributed by atoms with Gasteiger partial charge in [-0.15, -0.1) is 0 Å². The fourth-order valence-corrected chi connectivity index (χ4v) is 10.3. The fraction of sp³-hybridized carbons (Fsp3) is 0.775. The number of phosphoric ester groups is 1. The summed E-state index contributed by atoms with van der Waals surface area (Å²) in [7, 11) is 1.17. The number of esters is 1. The van der Waals surface area contributed by atoms with Crippen molar-refractivity contribution in [2.45, 2.75) is 315 Å². The summed E-state index contributed by atoms with van der Waals surface area (Å²) in [6, 6.07) is -0.900. The molecule has 0 fully saturated rings. The van der Waals surface area contributed by atoms with Gasteiger partial charge in [0.1, 0.15) is 19.3 Å². The average molecular weight is 1150 g/mol. The first-order valence-electron chi connectivity index (χ1n) is 33.9. The molecule has 10 heteroatoms. The quantitative estimate of drug-likeness (QED) is 0.0212. The zero-order valence-corrected chi connectivity index (χ0v) is 54.6. The van der Waals surface area contributed by atoms with E-state index in [1.165, 1.54) is 161 Å². The van der Waals surface area contributed by atoms with E-state index in [9.17, 15) is 19.0 Å². The zero-order chi connectivity index (χ0) is 59.3. The van der Waals surface area contributed by atoms with Crippen molar-refractivity contribution in [1.82, 2.24) is 5.32 Å². The fourth-order valence-electron chi connectivity index (χ4n) is 9.54. The Morgan fingerprint density at radius 1 is 0.432 bits per heavy atom. The van der Waals surface area contributed by atoms with Crippen LogP contribution in [0.5, 0.6) is 0 Å². The number of nitrogens with one attached hydrogen (secondary N) is 1. The molecule has 0 radical (unpaired) electrons. The molecular formula is C71H129N2O7P. The summed E-state index contributed by atoms with van der Waals surface area (Å²) in [4.78, 5) is 40.1. The minimum absolute atomic E-state index is 0.0280. The molecule has 9 nitrogen and oxygen atoms in total. The highest BCUT2D eigenvalue weighted by molar-refractivity contribution is 7.45. The highest BCUT2D eigenvalue weighted by Gasteiger charge is 2.27. The molecule has 0 aromatic heterocycles. The van der Waals surface area contributed by atoms with E-state index in [2.05, 4.69) is 99.0 Å². The van der Waals surface area contributed by atoms with Crippen molar-refractivity contribution >= 4 is 19.7 Å². The molecule has 81 heavy (non-hydrogen) atoms. The van der Waals surface area contributed by atoms with E-state index in [0.29, 0.717) is 17.4 Å². The molecule has 470 valence electrons. The number of carbonyl (C=O) groups excluding carboxylic acids is 2. The lowest BCUT2D eigenvalue weighted by Gasteiger charge is -2.30. The Labute approximate surface area is 501 Å². The predicted molar refractivity (Wildman–Crippen MR) is 348 cm³/mol. The molecule has 0 saturated heterocycles. The van der Waals surface area contributed by atoms with Crippen LogP contribution in [0, 0.1) is 0 Å². The van der Waals surface area contributed by atoms with Gasteiger partial charge in [0.25, 0.3) is 7.82 Å². The molecule has 0 rings (SSSR count). The number of carbonyl (C=O) groups is 2. The maximum atomic E-state index is 13.6. The third-order valence-corrected chi connectivity index (χ3v) is 15.8. The van der Waals surface area contributed by atoms with Gasteiger partial charge in [0.2, 0.25) is 5.91 Å². The van der Waals surface area contributed by atoms with Crippen LogP contribution in [0.25, 0.3) is 0 Å². The number of rotatable bonds is 61. The number of nitrogens with zero attached hydrogens (tertiary/aromatic N) is 1. The molecule has 0 spiro atoms. The van der Waals surface area contributed by atoms with Gasteiger partial charge in [0.15, 0.2) is 0 Å². The second-order valence-electron chi connectivity index (χ2n) is 24.0. The first kappa shape index (κ1) is 78.2. The normalized spacial score (nSPS) is 14.1. The van der Waals surface area contributed by atoms with Crippen molar-refractivity contribution in [3.63, 3.8) is 0 Å². The number of ether oxygens (including phenoxy) is 1. The summed E-state index contributed by atoms with van der Waals surface area (Å²) >= 11 is 0. The second kappa shape index (κ2) is 60.3. The number of likely N-dealkylation sites (N-methyl/N-ethyl adjacent to an activating group) is 1. The Kier molecular flexibility index (Phi) is 58.2. The van der Waals surface area contributed by atoms with Crippen molar-refractivity contribution in [2.24, 2.45) is 0 Å². The summed E-state index contributed by atoms with van der Waals surface area (Å²) < 4.78 is 30.4. The van der Waals surface area contributed by atoms with Crippen molar-refractivity contribution in [3.05, 3.63) is 85.1 Å². The molecule has 0 aliphatic heterocycles. The lowest BCUT2D eigenvalue weighted by molar-refractivity contribution is -0.870. The van der Waals surface area contributed by atoms with E-state index >= 15 is 0 Å². The van der Waals surface area contributed by atoms with Gasteiger partial charge in [-0.05, 0) is 109 Å². The molecule has 0 aromatic carbocycles. The minimum Gasteiger partial charge on any atom is -0.756 e. The summed E-state index contributed by atoms with van der Waals surface area (Å²) in [5.74, 6) is -0.555. The largest absolute Gasteiger partial charge is 0.756 e. The monoisotopic (exact) mass is 1150 g/mol. The molecule has 0 bridgehead atoms. The molecule has 1 amide bonds. The Hall–Kier alpha value is -2.81. The van der Waals surface area contributed by atoms with Crippen LogP contribution < -0.4 is 10.2 Å². The van der Waals surface area contributed by atoms with Gasteiger partial charge in [-0.3, -0.25) is 14.2 Å². The topological polar surface area (TPSA) is 114 Å². The number of allylic oxidation sites excluding steroid dienone is 13. The second-order valence-corrected chi connectivity index (χ2v) is 25.4. The molecule has 0 aromatic rings. The van der Waals surface area contributed by atoms with Crippen molar-refractivity contribution in [1.29, 1.82) is 0 Å². The summed E-state index contributed by atoms with van der Waals surface area (Å²) in [5, 5.41) is 3.03. The van der Waals surface area contributed by atoms with Crippen LogP contribution in [-0.2, 0) is 27.9 Å². The molecule has 3 atom stereocenters. The van der Waals surface area contributed by atoms with E-state index in [1.54, 1.807) is 0 Å². The predicted octanol–water partition coefficient (Wildman–Crippen LogP) is 20.7. The zero-order valence-electron chi connectivity index (χ0n) is 53.7. The van der Waals surface area contributed by atoms with E-state index in [4.69, 9.17) is 13.8 Å². The van der Waals surface area contributed by atoms with Crippen LogP contribution in [0.2, 0.25) is 0 Å². The summed E-state index contributed by atoms with van der Waals surface area (Å²) in [6.07, 6.45) is 79.8. The molecule has 0 aliphatic rings. The van der Waals surface area contributed by atoms with Gasteiger partial charge in [0.05, 0.1) is 33.8 Å². The molecule has 0 heterocycles. The molecule has 0 aliphatic carbocycles. The van der Waals surface area contributed by atoms with Crippen LogP contribution in [0.3, 0.4) is 0 Å². The van der Waals surface area contributed by atoms with Gasteiger partial charge in [0, 0.05) is 12.8 Å². The highest BCUT2D eigenvalue weighted by Crippen LogP contribution is 2.38. The summed E-state index contributed by atoms with van der Waals surface area (Å²) in [6.45, 7) is 6.79. The Morgan fingerprint density at radius 2 is 0.753 bits per heavy atom. The van der Waals surface area contributed by atoms with Gasteiger partial charge in [-0.2, -0.15) is 0 Å². The van der Waals surface area contributed by atoms with Crippen molar-refractivity contribution in [3.8, 4) is 0 Å².